The molecule has 0 aliphatic heterocycles. The van der Waals surface area contributed by atoms with Crippen molar-refractivity contribution in [3.8, 4) is 5.75 Å². The highest BCUT2D eigenvalue weighted by atomic mass is 16.3. The lowest BCUT2D eigenvalue weighted by Crippen LogP contribution is -2.01. The van der Waals surface area contributed by atoms with E-state index in [2.05, 4.69) is 10.2 Å². The van der Waals surface area contributed by atoms with E-state index in [0.717, 1.165) is 22.0 Å². The van der Waals surface area contributed by atoms with Gasteiger partial charge < -0.3 is 5.11 Å². The molecule has 0 bridgehead atoms. The van der Waals surface area contributed by atoms with Gasteiger partial charge in [-0.15, -0.1) is 0 Å². The normalized spacial score (nSPS) is 11.5. The third-order valence-electron chi connectivity index (χ3n) is 3.63. The maximum absolute atomic E-state index is 11.9. The van der Waals surface area contributed by atoms with Crippen LogP contribution in [0.3, 0.4) is 0 Å². The van der Waals surface area contributed by atoms with Crippen molar-refractivity contribution < 1.29 is 14.7 Å². The second kappa shape index (κ2) is 7.40. The van der Waals surface area contributed by atoms with Crippen LogP contribution in [-0.4, -0.2) is 26.9 Å². The molecular formula is C20H16N2O3. The highest BCUT2D eigenvalue weighted by Crippen LogP contribution is 2.14. The number of hydrogen-bond donors (Lipinski definition) is 2. The summed E-state index contributed by atoms with van der Waals surface area (Å²) in [6.45, 7) is 0. The molecule has 5 heteroatoms. The summed E-state index contributed by atoms with van der Waals surface area (Å²) in [5, 5.41) is 17.0. The average Bonchev–Trinajstić information content (AvgIpc) is 3.07. The van der Waals surface area contributed by atoms with Gasteiger partial charge in [0.2, 0.25) is 0 Å². The number of phenols is 1. The lowest BCUT2D eigenvalue weighted by atomic mass is 10.1. The molecule has 1 aromatic heterocycles. The zero-order valence-corrected chi connectivity index (χ0v) is 13.3. The van der Waals surface area contributed by atoms with Crippen LogP contribution in [0.25, 0.3) is 23.1 Å². The molecule has 3 rings (SSSR count). The van der Waals surface area contributed by atoms with E-state index in [1.807, 2.05) is 18.2 Å². The SMILES string of the molecule is O=C(C=Cc1ccc(O)cc1)CC(=O)C=Cc1ccc2[nH]ncc2c1. The number of nitrogens with one attached hydrogen (secondary N) is 1. The van der Waals surface area contributed by atoms with E-state index in [9.17, 15) is 14.7 Å². The Morgan fingerprint density at radius 3 is 2.32 bits per heavy atom. The van der Waals surface area contributed by atoms with E-state index in [-0.39, 0.29) is 23.7 Å². The predicted molar refractivity (Wildman–Crippen MR) is 96.9 cm³/mol. The third-order valence-corrected chi connectivity index (χ3v) is 3.63. The van der Waals surface area contributed by atoms with Crippen LogP contribution in [0.1, 0.15) is 17.5 Å². The summed E-state index contributed by atoms with van der Waals surface area (Å²) < 4.78 is 0. The molecule has 0 spiro atoms. The first-order valence-corrected chi connectivity index (χ1v) is 7.74. The highest BCUT2D eigenvalue weighted by Gasteiger charge is 2.04. The molecule has 124 valence electrons. The Bertz CT molecular complexity index is 966. The van der Waals surface area contributed by atoms with Gasteiger partial charge in [0.15, 0.2) is 11.6 Å². The monoisotopic (exact) mass is 332 g/mol. The number of carbonyl (C=O) groups excluding carboxylic acids is 2. The molecule has 0 saturated carbocycles. The molecule has 0 unspecified atom stereocenters. The fraction of sp³-hybridized carbons (Fsp3) is 0.0500. The van der Waals surface area contributed by atoms with Crippen molar-refractivity contribution in [2.75, 3.05) is 0 Å². The molecule has 1 heterocycles. The highest BCUT2D eigenvalue weighted by molar-refractivity contribution is 6.10. The van der Waals surface area contributed by atoms with Crippen molar-refractivity contribution >= 4 is 34.6 Å². The van der Waals surface area contributed by atoms with Gasteiger partial charge in [0, 0.05) is 5.39 Å². The molecule has 0 aliphatic carbocycles. The number of rotatable bonds is 6. The fourth-order valence-corrected chi connectivity index (χ4v) is 2.32. The number of nitrogens with zero attached hydrogens (tertiary/aromatic N) is 1. The van der Waals surface area contributed by atoms with Crippen LogP contribution in [0.2, 0.25) is 0 Å². The van der Waals surface area contributed by atoms with Crippen LogP contribution >= 0.6 is 0 Å². The van der Waals surface area contributed by atoms with Gasteiger partial charge in [0.05, 0.1) is 18.1 Å². The summed E-state index contributed by atoms with van der Waals surface area (Å²) >= 11 is 0. The summed E-state index contributed by atoms with van der Waals surface area (Å²) in [6, 6.07) is 12.1. The molecule has 5 nitrogen and oxygen atoms in total. The Hall–Kier alpha value is -3.47. The average molecular weight is 332 g/mol. The van der Waals surface area contributed by atoms with E-state index in [0.29, 0.717) is 0 Å². The molecule has 0 saturated heterocycles. The summed E-state index contributed by atoms with van der Waals surface area (Å²) in [5.74, 6) is -0.363. The van der Waals surface area contributed by atoms with Crippen molar-refractivity contribution in [3.05, 3.63) is 71.9 Å². The summed E-state index contributed by atoms with van der Waals surface area (Å²) in [4.78, 5) is 23.7. The minimum atomic E-state index is -0.270. The Kier molecular flexibility index (Phi) is 4.85. The fourth-order valence-electron chi connectivity index (χ4n) is 2.32. The smallest absolute Gasteiger partial charge is 0.163 e. The topological polar surface area (TPSA) is 83.0 Å². The molecule has 2 aromatic carbocycles. The zero-order chi connectivity index (χ0) is 17.6. The molecule has 0 aliphatic rings. The second-order valence-electron chi connectivity index (χ2n) is 5.58. The summed E-state index contributed by atoms with van der Waals surface area (Å²) in [6.07, 6.45) is 7.62. The van der Waals surface area contributed by atoms with Crippen molar-refractivity contribution in [1.29, 1.82) is 0 Å². The maximum atomic E-state index is 11.9. The van der Waals surface area contributed by atoms with Crippen LogP contribution in [0.5, 0.6) is 5.75 Å². The summed E-state index contributed by atoms with van der Waals surface area (Å²) in [5.41, 5.74) is 2.58. The number of aromatic hydroxyl groups is 1. The largest absolute Gasteiger partial charge is 0.508 e. The Morgan fingerprint density at radius 2 is 1.60 bits per heavy atom. The van der Waals surface area contributed by atoms with Crippen molar-refractivity contribution in [2.24, 2.45) is 0 Å². The van der Waals surface area contributed by atoms with Gasteiger partial charge in [0.25, 0.3) is 0 Å². The predicted octanol–water partition coefficient (Wildman–Crippen LogP) is 3.52. The molecule has 3 aromatic rings. The van der Waals surface area contributed by atoms with Gasteiger partial charge in [-0.25, -0.2) is 0 Å². The quantitative estimate of drug-likeness (QED) is 0.534. The van der Waals surface area contributed by atoms with E-state index < -0.39 is 0 Å². The standard InChI is InChI=1S/C20H16N2O3/c23-17-6-1-14(2-7-17)3-8-18(24)12-19(25)9-4-15-5-10-20-16(11-15)13-21-22-20/h1-11,13,23H,12H2,(H,21,22). The molecular weight excluding hydrogens is 316 g/mol. The van der Waals surface area contributed by atoms with E-state index in [1.165, 1.54) is 24.3 Å². The minimum absolute atomic E-state index is 0.164. The number of allylic oxidation sites excluding steroid dienone is 2. The molecule has 25 heavy (non-hydrogen) atoms. The zero-order valence-electron chi connectivity index (χ0n) is 13.3. The minimum Gasteiger partial charge on any atom is -0.508 e. The van der Waals surface area contributed by atoms with Crippen molar-refractivity contribution in [2.45, 2.75) is 6.42 Å². The van der Waals surface area contributed by atoms with Gasteiger partial charge in [-0.3, -0.25) is 14.7 Å². The van der Waals surface area contributed by atoms with Crippen molar-refractivity contribution in [1.82, 2.24) is 10.2 Å². The van der Waals surface area contributed by atoms with Crippen LogP contribution in [0.4, 0.5) is 0 Å². The third kappa shape index (κ3) is 4.51. The van der Waals surface area contributed by atoms with E-state index in [1.54, 1.807) is 30.5 Å². The van der Waals surface area contributed by atoms with Crippen molar-refractivity contribution in [3.63, 3.8) is 0 Å². The first-order valence-electron chi connectivity index (χ1n) is 7.74. The lowest BCUT2D eigenvalue weighted by molar-refractivity contribution is -0.121. The number of H-pyrrole nitrogens is 1. The molecule has 0 fully saturated rings. The van der Waals surface area contributed by atoms with Crippen LogP contribution in [-0.2, 0) is 9.59 Å². The van der Waals surface area contributed by atoms with Crippen LogP contribution in [0.15, 0.2) is 60.8 Å². The Labute approximate surface area is 144 Å². The first-order chi connectivity index (χ1) is 12.1. The van der Waals surface area contributed by atoms with Crippen LogP contribution in [0, 0.1) is 0 Å². The molecule has 0 atom stereocenters. The molecule has 2 N–H and O–H groups in total. The number of phenolic OH excluding ortho intramolecular Hbond substituents is 1. The van der Waals surface area contributed by atoms with E-state index >= 15 is 0 Å². The van der Waals surface area contributed by atoms with Crippen LogP contribution < -0.4 is 0 Å². The van der Waals surface area contributed by atoms with Gasteiger partial charge in [0.1, 0.15) is 5.75 Å². The number of aromatic nitrogens is 2. The maximum Gasteiger partial charge on any atom is 0.163 e. The first kappa shape index (κ1) is 16.4. The Morgan fingerprint density at radius 1 is 0.960 bits per heavy atom. The summed E-state index contributed by atoms with van der Waals surface area (Å²) in [7, 11) is 0. The number of fused-ring (bicyclic) bond motifs is 1. The van der Waals surface area contributed by atoms with Gasteiger partial charge in [-0.1, -0.05) is 30.4 Å². The number of aromatic amines is 1. The van der Waals surface area contributed by atoms with E-state index in [4.69, 9.17) is 0 Å². The number of benzene rings is 2. The number of hydrogen-bond acceptors (Lipinski definition) is 4. The van der Waals surface area contributed by atoms with Gasteiger partial charge >= 0.3 is 0 Å². The van der Waals surface area contributed by atoms with Gasteiger partial charge in [-0.2, -0.15) is 5.10 Å². The number of ketones is 2. The second-order valence-corrected chi connectivity index (χ2v) is 5.58. The lowest BCUT2D eigenvalue weighted by Gasteiger charge is -1.95. The molecule has 0 amide bonds. The number of carbonyl (C=O) groups is 2. The molecule has 0 radical (unpaired) electrons. The van der Waals surface area contributed by atoms with Gasteiger partial charge in [-0.05, 0) is 47.5 Å². The Balaban J connectivity index is 1.57.